The molecular formula is C24H24F3N3O2S. The third-order valence-electron chi connectivity index (χ3n) is 4.85. The Kier molecular flexibility index (Phi) is 8.21. The molecule has 0 aliphatic carbocycles. The minimum atomic E-state index is -4.55. The monoisotopic (exact) mass is 475 g/mol. The van der Waals surface area contributed by atoms with E-state index in [0.717, 1.165) is 29.5 Å². The fourth-order valence-corrected chi connectivity index (χ4v) is 4.03. The van der Waals surface area contributed by atoms with Crippen molar-refractivity contribution < 1.29 is 22.7 Å². The Morgan fingerprint density at radius 1 is 1.18 bits per heavy atom. The molecule has 9 heteroatoms. The van der Waals surface area contributed by atoms with Gasteiger partial charge >= 0.3 is 6.18 Å². The minimum Gasteiger partial charge on any atom is -0.489 e. The second kappa shape index (κ2) is 11.1. The summed E-state index contributed by atoms with van der Waals surface area (Å²) < 4.78 is 45.4. The van der Waals surface area contributed by atoms with E-state index >= 15 is 0 Å². The lowest BCUT2D eigenvalue weighted by Gasteiger charge is -2.14. The maximum atomic E-state index is 13.4. The van der Waals surface area contributed by atoms with Gasteiger partial charge in [-0.05, 0) is 49.6 Å². The number of benzene rings is 2. The molecular weight excluding hydrogens is 451 g/mol. The van der Waals surface area contributed by atoms with Gasteiger partial charge in [-0.2, -0.15) is 13.2 Å². The van der Waals surface area contributed by atoms with E-state index in [1.165, 1.54) is 23.5 Å². The zero-order chi connectivity index (χ0) is 23.8. The second-order valence-electron chi connectivity index (χ2n) is 7.34. The molecule has 0 fully saturated rings. The molecule has 1 N–H and O–H groups in total. The number of halogens is 3. The number of aromatic nitrogens is 2. The van der Waals surface area contributed by atoms with Crippen LogP contribution >= 0.6 is 11.3 Å². The average Bonchev–Trinajstić information content (AvgIpc) is 3.26. The van der Waals surface area contributed by atoms with E-state index in [2.05, 4.69) is 22.1 Å². The summed E-state index contributed by atoms with van der Waals surface area (Å²) in [5, 5.41) is 12.2. The van der Waals surface area contributed by atoms with Crippen LogP contribution in [-0.2, 0) is 12.6 Å². The lowest BCUT2D eigenvalue weighted by Crippen LogP contribution is -2.25. The molecule has 0 unspecified atom stereocenters. The third kappa shape index (κ3) is 6.64. The summed E-state index contributed by atoms with van der Waals surface area (Å²) in [6.07, 6.45) is -1.02. The smallest absolute Gasteiger partial charge is 0.419 e. The molecule has 33 heavy (non-hydrogen) atoms. The van der Waals surface area contributed by atoms with Gasteiger partial charge in [0.2, 0.25) is 0 Å². The van der Waals surface area contributed by atoms with Crippen molar-refractivity contribution in [2.45, 2.75) is 32.4 Å². The van der Waals surface area contributed by atoms with Gasteiger partial charge in [0, 0.05) is 24.1 Å². The minimum absolute atomic E-state index is 0.0171. The highest BCUT2D eigenvalue weighted by Gasteiger charge is 2.35. The number of rotatable bonds is 10. The lowest BCUT2D eigenvalue weighted by atomic mass is 10.1. The summed E-state index contributed by atoms with van der Waals surface area (Å²) >= 11 is 1.26. The first-order valence-electron chi connectivity index (χ1n) is 10.4. The Labute approximate surface area is 194 Å². The predicted molar refractivity (Wildman–Crippen MR) is 122 cm³/mol. The van der Waals surface area contributed by atoms with Crippen LogP contribution < -0.4 is 10.1 Å². The molecule has 5 nitrogen and oxygen atoms in total. The standard InChI is InChI=1S/C24H24F3N3O2S/c1-3-14-32-20-12-11-17(15-19(20)24(25,26)27)23-30-29-21(33-23)10-6-7-13-28-22(31)18-9-5-4-8-16(18)2/h3-5,8-9,11-12,15H,1,6-7,10,13-14H2,2H3,(H,28,31). The molecule has 0 atom stereocenters. The molecule has 0 aliphatic rings. The molecule has 1 amide bonds. The Morgan fingerprint density at radius 2 is 1.97 bits per heavy atom. The van der Waals surface area contributed by atoms with Crippen molar-refractivity contribution in [3.05, 3.63) is 76.8 Å². The van der Waals surface area contributed by atoms with Crippen molar-refractivity contribution in [2.75, 3.05) is 13.2 Å². The normalized spacial score (nSPS) is 11.3. The van der Waals surface area contributed by atoms with Crippen LogP contribution in [0.2, 0.25) is 0 Å². The number of nitrogens with one attached hydrogen (secondary N) is 1. The SMILES string of the molecule is C=CCOc1ccc(-c2nnc(CCCCNC(=O)c3ccccc3C)s2)cc1C(F)(F)F. The summed E-state index contributed by atoms with van der Waals surface area (Å²) in [4.78, 5) is 12.2. The Bertz CT molecular complexity index is 1110. The lowest BCUT2D eigenvalue weighted by molar-refractivity contribution is -0.138. The maximum Gasteiger partial charge on any atom is 0.419 e. The number of aryl methyl sites for hydroxylation is 2. The summed E-state index contributed by atoms with van der Waals surface area (Å²) in [5.41, 5.74) is 1.06. The number of unbranched alkanes of at least 4 members (excludes halogenated alkanes) is 1. The van der Waals surface area contributed by atoms with E-state index in [9.17, 15) is 18.0 Å². The van der Waals surface area contributed by atoms with E-state index in [1.54, 1.807) is 12.1 Å². The molecule has 0 aliphatic heterocycles. The van der Waals surface area contributed by atoms with E-state index in [4.69, 9.17) is 4.74 Å². The van der Waals surface area contributed by atoms with Crippen molar-refractivity contribution in [1.82, 2.24) is 15.5 Å². The van der Waals surface area contributed by atoms with Gasteiger partial charge in [0.25, 0.3) is 5.91 Å². The van der Waals surface area contributed by atoms with Crippen LogP contribution in [0.3, 0.4) is 0 Å². The summed E-state index contributed by atoms with van der Waals surface area (Å²) in [6.45, 7) is 5.85. The van der Waals surface area contributed by atoms with Crippen molar-refractivity contribution in [1.29, 1.82) is 0 Å². The van der Waals surface area contributed by atoms with Gasteiger partial charge in [-0.25, -0.2) is 0 Å². The average molecular weight is 476 g/mol. The van der Waals surface area contributed by atoms with Gasteiger partial charge in [-0.3, -0.25) is 4.79 Å². The molecule has 3 rings (SSSR count). The van der Waals surface area contributed by atoms with Gasteiger partial charge in [0.05, 0.1) is 5.56 Å². The number of hydrogen-bond acceptors (Lipinski definition) is 5. The second-order valence-corrected chi connectivity index (χ2v) is 8.40. The van der Waals surface area contributed by atoms with Gasteiger partial charge in [0.15, 0.2) is 0 Å². The fourth-order valence-electron chi connectivity index (χ4n) is 3.16. The van der Waals surface area contributed by atoms with Gasteiger partial charge in [-0.1, -0.05) is 42.2 Å². The van der Waals surface area contributed by atoms with Crippen LogP contribution in [0.25, 0.3) is 10.6 Å². The zero-order valence-corrected chi connectivity index (χ0v) is 18.9. The van der Waals surface area contributed by atoms with Crippen molar-refractivity contribution >= 4 is 17.2 Å². The molecule has 1 aromatic heterocycles. The molecule has 0 saturated carbocycles. The van der Waals surface area contributed by atoms with Crippen LogP contribution in [0.15, 0.2) is 55.1 Å². The van der Waals surface area contributed by atoms with Crippen LogP contribution in [0, 0.1) is 6.92 Å². The first-order chi connectivity index (χ1) is 15.8. The van der Waals surface area contributed by atoms with Gasteiger partial charge in [0.1, 0.15) is 22.4 Å². The van der Waals surface area contributed by atoms with Gasteiger partial charge < -0.3 is 10.1 Å². The number of ether oxygens (including phenoxy) is 1. The predicted octanol–water partition coefficient (Wildman–Crippen LogP) is 5.85. The molecule has 0 bridgehead atoms. The first-order valence-corrected chi connectivity index (χ1v) is 11.2. The third-order valence-corrected chi connectivity index (χ3v) is 5.88. The zero-order valence-electron chi connectivity index (χ0n) is 18.1. The molecule has 0 spiro atoms. The van der Waals surface area contributed by atoms with Crippen molar-refractivity contribution in [3.63, 3.8) is 0 Å². The molecule has 1 heterocycles. The molecule has 174 valence electrons. The fraction of sp³-hybridized carbons (Fsp3) is 0.292. The summed E-state index contributed by atoms with van der Waals surface area (Å²) in [7, 11) is 0. The highest BCUT2D eigenvalue weighted by Crippen LogP contribution is 2.39. The van der Waals surface area contributed by atoms with Crippen LogP contribution in [0.1, 0.15) is 39.3 Å². The van der Waals surface area contributed by atoms with E-state index in [0.29, 0.717) is 29.1 Å². The maximum absolute atomic E-state index is 13.4. The first kappa shape index (κ1) is 24.4. The Hall–Kier alpha value is -3.20. The van der Waals surface area contributed by atoms with Crippen molar-refractivity contribution in [3.8, 4) is 16.3 Å². The van der Waals surface area contributed by atoms with Crippen LogP contribution in [0.4, 0.5) is 13.2 Å². The summed E-state index contributed by atoms with van der Waals surface area (Å²) in [6, 6.07) is 11.3. The highest BCUT2D eigenvalue weighted by atomic mass is 32.1. The largest absolute Gasteiger partial charge is 0.489 e. The number of carbonyl (C=O) groups excluding carboxylic acids is 1. The quantitative estimate of drug-likeness (QED) is 0.295. The van der Waals surface area contributed by atoms with E-state index < -0.39 is 11.7 Å². The number of alkyl halides is 3. The Balaban J connectivity index is 1.55. The van der Waals surface area contributed by atoms with Gasteiger partial charge in [-0.15, -0.1) is 10.2 Å². The molecule has 3 aromatic rings. The topological polar surface area (TPSA) is 64.1 Å². The Morgan fingerprint density at radius 3 is 2.70 bits per heavy atom. The number of hydrogen-bond donors (Lipinski definition) is 1. The number of carbonyl (C=O) groups is 1. The van der Waals surface area contributed by atoms with Crippen LogP contribution in [-0.4, -0.2) is 29.3 Å². The highest BCUT2D eigenvalue weighted by molar-refractivity contribution is 7.14. The molecule has 0 radical (unpaired) electrons. The van der Waals surface area contributed by atoms with Crippen molar-refractivity contribution in [2.24, 2.45) is 0 Å². The molecule has 2 aromatic carbocycles. The van der Waals surface area contributed by atoms with Crippen LogP contribution in [0.5, 0.6) is 5.75 Å². The van der Waals surface area contributed by atoms with E-state index in [1.807, 2.05) is 25.1 Å². The number of amides is 1. The number of nitrogens with zero attached hydrogens (tertiary/aromatic N) is 2. The summed E-state index contributed by atoms with van der Waals surface area (Å²) in [5.74, 6) is -0.351. The molecule has 0 saturated heterocycles. The van der Waals surface area contributed by atoms with E-state index in [-0.39, 0.29) is 18.3 Å².